The van der Waals surface area contributed by atoms with Crippen molar-refractivity contribution >= 4 is 41.3 Å². The van der Waals surface area contributed by atoms with Crippen molar-refractivity contribution < 1.29 is 0 Å². The summed E-state index contributed by atoms with van der Waals surface area (Å²) in [6.45, 7) is 12.8. The van der Waals surface area contributed by atoms with Crippen molar-refractivity contribution in [3.63, 3.8) is 0 Å². The van der Waals surface area contributed by atoms with Gasteiger partial charge in [-0.1, -0.05) is 0 Å². The first-order chi connectivity index (χ1) is 12.2. The normalized spacial score (nSPS) is 16.8. The van der Waals surface area contributed by atoms with Crippen LogP contribution in [0.4, 0.5) is 0 Å². The average molecular weight is 494 g/mol. The van der Waals surface area contributed by atoms with E-state index in [1.807, 2.05) is 6.20 Å². The Morgan fingerprint density at radius 3 is 2.85 bits per heavy atom. The summed E-state index contributed by atoms with van der Waals surface area (Å²) in [7, 11) is 2.22. The third-order valence-corrected chi connectivity index (χ3v) is 5.33. The number of likely N-dealkylation sites (N-methyl/N-ethyl adjacent to an activating group) is 1. The van der Waals surface area contributed by atoms with E-state index in [0.29, 0.717) is 0 Å². The lowest BCUT2D eigenvalue weighted by atomic mass is 10.3. The van der Waals surface area contributed by atoms with Crippen LogP contribution in [0.1, 0.15) is 29.7 Å². The van der Waals surface area contributed by atoms with Gasteiger partial charge in [0, 0.05) is 50.2 Å². The van der Waals surface area contributed by atoms with Crippen molar-refractivity contribution in [2.75, 3.05) is 59.4 Å². The molecular formula is C18H35IN6S. The molecule has 0 saturated carbocycles. The summed E-state index contributed by atoms with van der Waals surface area (Å²) in [4.78, 5) is 15.4. The van der Waals surface area contributed by atoms with Crippen molar-refractivity contribution in [3.8, 4) is 0 Å². The van der Waals surface area contributed by atoms with Crippen molar-refractivity contribution in [2.45, 2.75) is 33.1 Å². The fourth-order valence-corrected chi connectivity index (χ4v) is 3.74. The Bertz CT molecular complexity index is 522. The molecule has 1 saturated heterocycles. The number of aromatic nitrogens is 1. The van der Waals surface area contributed by atoms with Gasteiger partial charge in [0.25, 0.3) is 0 Å². The number of thiazole rings is 1. The van der Waals surface area contributed by atoms with E-state index < -0.39 is 0 Å². The molecule has 0 aliphatic carbocycles. The van der Waals surface area contributed by atoms with Crippen molar-refractivity contribution in [1.29, 1.82) is 0 Å². The van der Waals surface area contributed by atoms with Crippen molar-refractivity contribution in [1.82, 2.24) is 25.4 Å². The van der Waals surface area contributed by atoms with E-state index in [-0.39, 0.29) is 24.0 Å². The van der Waals surface area contributed by atoms with Crippen LogP contribution in [0, 0.1) is 6.92 Å². The van der Waals surface area contributed by atoms with E-state index in [2.05, 4.69) is 46.3 Å². The summed E-state index contributed by atoms with van der Waals surface area (Å²) >= 11 is 1.77. The SMILES string of the molecule is CCNC(=NCCCN1CCCN(C)CC1)NCCc1ncc(C)s1.I. The monoisotopic (exact) mass is 494 g/mol. The van der Waals surface area contributed by atoms with Crippen LogP contribution in [0.2, 0.25) is 0 Å². The number of aryl methyl sites for hydroxylation is 1. The molecule has 2 heterocycles. The summed E-state index contributed by atoms with van der Waals surface area (Å²) in [5.74, 6) is 0.923. The second-order valence-corrected chi connectivity index (χ2v) is 7.97. The van der Waals surface area contributed by atoms with Crippen LogP contribution in [0.3, 0.4) is 0 Å². The Labute approximate surface area is 179 Å². The molecule has 1 aliphatic heterocycles. The lowest BCUT2D eigenvalue weighted by molar-refractivity contribution is 0.275. The van der Waals surface area contributed by atoms with Gasteiger partial charge in [-0.2, -0.15) is 0 Å². The van der Waals surface area contributed by atoms with Crippen LogP contribution in [-0.2, 0) is 6.42 Å². The minimum Gasteiger partial charge on any atom is -0.357 e. The van der Waals surface area contributed by atoms with Gasteiger partial charge in [-0.3, -0.25) is 4.99 Å². The maximum atomic E-state index is 4.71. The van der Waals surface area contributed by atoms with Crippen molar-refractivity contribution in [2.24, 2.45) is 4.99 Å². The predicted octanol–water partition coefficient (Wildman–Crippen LogP) is 2.19. The molecule has 0 radical (unpaired) electrons. The highest BCUT2D eigenvalue weighted by molar-refractivity contribution is 14.0. The van der Waals surface area contributed by atoms with E-state index in [1.165, 1.54) is 42.5 Å². The molecule has 0 unspecified atom stereocenters. The highest BCUT2D eigenvalue weighted by Gasteiger charge is 2.11. The maximum Gasteiger partial charge on any atom is 0.191 e. The lowest BCUT2D eigenvalue weighted by Crippen LogP contribution is -2.38. The van der Waals surface area contributed by atoms with Crippen LogP contribution in [0.15, 0.2) is 11.2 Å². The Morgan fingerprint density at radius 2 is 2.12 bits per heavy atom. The number of rotatable bonds is 8. The zero-order chi connectivity index (χ0) is 17.9. The minimum absolute atomic E-state index is 0. The molecule has 6 nitrogen and oxygen atoms in total. The summed E-state index contributed by atoms with van der Waals surface area (Å²) < 4.78 is 0. The molecule has 1 aromatic heterocycles. The van der Waals surface area contributed by atoms with Gasteiger partial charge in [0.2, 0.25) is 0 Å². The van der Waals surface area contributed by atoms with Gasteiger partial charge in [-0.15, -0.1) is 35.3 Å². The Hall–Kier alpha value is -0.450. The molecule has 2 N–H and O–H groups in total. The quantitative estimate of drug-likeness (QED) is 0.251. The van der Waals surface area contributed by atoms with Gasteiger partial charge >= 0.3 is 0 Å². The molecule has 2 rings (SSSR count). The Balaban J connectivity index is 0.00000338. The van der Waals surface area contributed by atoms with Crippen molar-refractivity contribution in [3.05, 3.63) is 16.1 Å². The zero-order valence-corrected chi connectivity index (χ0v) is 19.6. The first-order valence-corrected chi connectivity index (χ1v) is 10.3. The fourth-order valence-electron chi connectivity index (χ4n) is 2.96. The maximum absolute atomic E-state index is 4.71. The number of nitrogens with one attached hydrogen (secondary N) is 2. The summed E-state index contributed by atoms with van der Waals surface area (Å²) in [5, 5.41) is 7.93. The molecule has 0 atom stereocenters. The average Bonchev–Trinajstić information content (AvgIpc) is 2.89. The number of hydrogen-bond acceptors (Lipinski definition) is 5. The first-order valence-electron chi connectivity index (χ1n) is 9.51. The van der Waals surface area contributed by atoms with Crippen LogP contribution in [0.25, 0.3) is 0 Å². The van der Waals surface area contributed by atoms with E-state index in [9.17, 15) is 0 Å². The first kappa shape index (κ1) is 23.6. The smallest absolute Gasteiger partial charge is 0.191 e. The molecule has 0 bridgehead atoms. The molecule has 26 heavy (non-hydrogen) atoms. The van der Waals surface area contributed by atoms with E-state index in [4.69, 9.17) is 4.99 Å². The van der Waals surface area contributed by atoms with E-state index in [1.54, 1.807) is 11.3 Å². The summed E-state index contributed by atoms with van der Waals surface area (Å²) in [6.07, 6.45) is 5.29. The second kappa shape index (κ2) is 13.7. The molecule has 1 fully saturated rings. The molecule has 1 aliphatic rings. The number of nitrogens with zero attached hydrogens (tertiary/aromatic N) is 4. The Morgan fingerprint density at radius 1 is 1.27 bits per heavy atom. The summed E-state index contributed by atoms with van der Waals surface area (Å²) in [6, 6.07) is 0. The van der Waals surface area contributed by atoms with Gasteiger partial charge < -0.3 is 20.4 Å². The molecule has 0 aromatic carbocycles. The van der Waals surface area contributed by atoms with E-state index in [0.717, 1.165) is 45.0 Å². The number of halogens is 1. The topological polar surface area (TPSA) is 55.8 Å². The summed E-state index contributed by atoms with van der Waals surface area (Å²) in [5.41, 5.74) is 0. The predicted molar refractivity (Wildman–Crippen MR) is 123 cm³/mol. The standard InChI is InChI=1S/C18H34N6S.HI/c1-4-19-18(21-9-7-17-22-15-16(2)25-17)20-8-5-11-24-12-6-10-23(3)13-14-24;/h15H,4-14H2,1-3H3,(H2,19,20,21);1H. The molecule has 1 aromatic rings. The second-order valence-electron chi connectivity index (χ2n) is 6.65. The largest absolute Gasteiger partial charge is 0.357 e. The van der Waals surface area contributed by atoms with Crippen LogP contribution >= 0.6 is 35.3 Å². The minimum atomic E-state index is 0. The lowest BCUT2D eigenvalue weighted by Gasteiger charge is -2.19. The van der Waals surface area contributed by atoms with Gasteiger partial charge in [0.1, 0.15) is 0 Å². The van der Waals surface area contributed by atoms with E-state index >= 15 is 0 Å². The molecule has 8 heteroatoms. The third kappa shape index (κ3) is 9.48. The highest BCUT2D eigenvalue weighted by Crippen LogP contribution is 2.10. The van der Waals surface area contributed by atoms with Gasteiger partial charge in [-0.25, -0.2) is 4.98 Å². The number of hydrogen-bond donors (Lipinski definition) is 2. The molecular weight excluding hydrogens is 459 g/mol. The zero-order valence-electron chi connectivity index (χ0n) is 16.5. The van der Waals surface area contributed by atoms with Gasteiger partial charge in [0.05, 0.1) is 5.01 Å². The van der Waals surface area contributed by atoms with Crippen LogP contribution in [0.5, 0.6) is 0 Å². The van der Waals surface area contributed by atoms with Crippen LogP contribution < -0.4 is 10.6 Å². The molecule has 0 spiro atoms. The van der Waals surface area contributed by atoms with Gasteiger partial charge in [0.15, 0.2) is 5.96 Å². The fraction of sp³-hybridized carbons (Fsp3) is 0.778. The molecule has 150 valence electrons. The highest BCUT2D eigenvalue weighted by atomic mass is 127. The third-order valence-electron chi connectivity index (χ3n) is 4.36. The van der Waals surface area contributed by atoms with Gasteiger partial charge in [-0.05, 0) is 53.4 Å². The molecule has 0 amide bonds. The van der Waals surface area contributed by atoms with Crippen LogP contribution in [-0.4, -0.2) is 80.1 Å². The number of guanidine groups is 1. The Kier molecular flexibility index (Phi) is 12.4. The number of aliphatic imine (C=N–C) groups is 1.